The predicted octanol–water partition coefficient (Wildman–Crippen LogP) is 1.48. The molecule has 2 N–H and O–H groups in total. The molecule has 1 atom stereocenters. The van der Waals surface area contributed by atoms with Crippen molar-refractivity contribution in [2.75, 3.05) is 18.8 Å². The summed E-state index contributed by atoms with van der Waals surface area (Å²) in [6, 6.07) is 0.117. The van der Waals surface area contributed by atoms with Crippen LogP contribution in [-0.2, 0) is 10.0 Å². The van der Waals surface area contributed by atoms with E-state index in [0.29, 0.717) is 6.42 Å². The normalized spacial score (nSPS) is 24.1. The highest BCUT2D eigenvalue weighted by Crippen LogP contribution is 2.37. The van der Waals surface area contributed by atoms with Gasteiger partial charge in [0.1, 0.15) is 0 Å². The Balaban J connectivity index is 2.38. The lowest BCUT2D eigenvalue weighted by Crippen LogP contribution is -2.42. The number of nitrogens with one attached hydrogen (secondary N) is 2. The molecule has 1 unspecified atom stereocenters. The Morgan fingerprint density at radius 3 is 2.59 bits per heavy atom. The van der Waals surface area contributed by atoms with E-state index in [2.05, 4.69) is 23.9 Å². The standard InChI is InChI=1S/C12H26N2O2S/c1-4-13-9-6-10-17(15,16)14-11-7-5-8-12(11,2)3/h11,13-14H,4-10H2,1-3H3. The van der Waals surface area contributed by atoms with E-state index in [1.165, 1.54) is 0 Å². The summed E-state index contributed by atoms with van der Waals surface area (Å²) in [6.45, 7) is 7.97. The van der Waals surface area contributed by atoms with E-state index in [1.807, 2.05) is 6.92 Å². The fraction of sp³-hybridized carbons (Fsp3) is 1.00. The van der Waals surface area contributed by atoms with Crippen LogP contribution in [0.5, 0.6) is 0 Å². The van der Waals surface area contributed by atoms with Crippen molar-refractivity contribution in [3.05, 3.63) is 0 Å². The molecule has 0 heterocycles. The van der Waals surface area contributed by atoms with Gasteiger partial charge in [0, 0.05) is 6.04 Å². The van der Waals surface area contributed by atoms with Crippen LogP contribution in [0.25, 0.3) is 0 Å². The molecule has 4 nitrogen and oxygen atoms in total. The van der Waals surface area contributed by atoms with Crippen molar-refractivity contribution in [3.63, 3.8) is 0 Å². The average molecular weight is 262 g/mol. The Bertz CT molecular complexity index is 325. The summed E-state index contributed by atoms with van der Waals surface area (Å²) >= 11 is 0. The second-order valence-corrected chi connectivity index (χ2v) is 7.45. The van der Waals surface area contributed by atoms with E-state index < -0.39 is 10.0 Å². The Morgan fingerprint density at radius 1 is 1.35 bits per heavy atom. The highest BCUT2D eigenvalue weighted by atomic mass is 32.2. The lowest BCUT2D eigenvalue weighted by atomic mass is 9.88. The Kier molecular flexibility index (Phi) is 5.41. The zero-order valence-electron chi connectivity index (χ0n) is 11.3. The molecule has 0 aromatic heterocycles. The van der Waals surface area contributed by atoms with Crippen molar-refractivity contribution < 1.29 is 8.42 Å². The van der Waals surface area contributed by atoms with E-state index in [0.717, 1.165) is 32.4 Å². The first kappa shape index (κ1) is 14.9. The predicted molar refractivity (Wildman–Crippen MR) is 71.5 cm³/mol. The van der Waals surface area contributed by atoms with Gasteiger partial charge in [0.15, 0.2) is 0 Å². The summed E-state index contributed by atoms with van der Waals surface area (Å²) in [5.41, 5.74) is 0.106. The minimum atomic E-state index is -3.11. The number of hydrogen-bond acceptors (Lipinski definition) is 3. The molecule has 1 rings (SSSR count). The van der Waals surface area contributed by atoms with Gasteiger partial charge in [0.05, 0.1) is 5.75 Å². The molecule has 1 aliphatic carbocycles. The monoisotopic (exact) mass is 262 g/mol. The van der Waals surface area contributed by atoms with Crippen LogP contribution in [0.4, 0.5) is 0 Å². The zero-order valence-corrected chi connectivity index (χ0v) is 12.1. The van der Waals surface area contributed by atoms with E-state index >= 15 is 0 Å². The first-order chi connectivity index (χ1) is 7.87. The van der Waals surface area contributed by atoms with Crippen LogP contribution >= 0.6 is 0 Å². The van der Waals surface area contributed by atoms with Crippen LogP contribution < -0.4 is 10.0 Å². The van der Waals surface area contributed by atoms with E-state index in [1.54, 1.807) is 0 Å². The largest absolute Gasteiger partial charge is 0.317 e. The van der Waals surface area contributed by atoms with Crippen LogP contribution in [0.1, 0.15) is 46.5 Å². The number of rotatable bonds is 7. The van der Waals surface area contributed by atoms with Crippen LogP contribution in [0, 0.1) is 5.41 Å². The van der Waals surface area contributed by atoms with Crippen LogP contribution in [0.15, 0.2) is 0 Å². The van der Waals surface area contributed by atoms with Gasteiger partial charge in [0.2, 0.25) is 10.0 Å². The first-order valence-electron chi connectivity index (χ1n) is 6.58. The van der Waals surface area contributed by atoms with Crippen molar-refractivity contribution >= 4 is 10.0 Å². The van der Waals surface area contributed by atoms with Crippen LogP contribution in [0.2, 0.25) is 0 Å². The molecule has 0 aliphatic heterocycles. The molecule has 17 heavy (non-hydrogen) atoms. The molecular formula is C12H26N2O2S. The van der Waals surface area contributed by atoms with Crippen molar-refractivity contribution in [3.8, 4) is 0 Å². The lowest BCUT2D eigenvalue weighted by molar-refractivity contribution is 0.313. The molecule has 0 amide bonds. The highest BCUT2D eigenvalue weighted by molar-refractivity contribution is 7.89. The first-order valence-corrected chi connectivity index (χ1v) is 8.23. The maximum Gasteiger partial charge on any atom is 0.211 e. The third-order valence-corrected chi connectivity index (χ3v) is 5.07. The van der Waals surface area contributed by atoms with Gasteiger partial charge in [-0.2, -0.15) is 0 Å². The van der Waals surface area contributed by atoms with Gasteiger partial charge in [0.25, 0.3) is 0 Å². The maximum absolute atomic E-state index is 11.9. The van der Waals surface area contributed by atoms with Gasteiger partial charge < -0.3 is 5.32 Å². The molecule has 0 aromatic rings. The highest BCUT2D eigenvalue weighted by Gasteiger charge is 2.36. The molecule has 0 aromatic carbocycles. The Labute approximate surface area is 106 Å². The summed E-state index contributed by atoms with van der Waals surface area (Å²) in [5.74, 6) is 0.229. The van der Waals surface area contributed by atoms with Crippen LogP contribution in [0.3, 0.4) is 0 Å². The van der Waals surface area contributed by atoms with Crippen molar-refractivity contribution in [2.24, 2.45) is 5.41 Å². The van der Waals surface area contributed by atoms with Gasteiger partial charge in [-0.1, -0.05) is 27.2 Å². The lowest BCUT2D eigenvalue weighted by Gasteiger charge is -2.27. The third-order valence-electron chi connectivity index (χ3n) is 3.60. The average Bonchev–Trinajstić information content (AvgIpc) is 2.53. The van der Waals surface area contributed by atoms with E-state index in [4.69, 9.17) is 0 Å². The summed E-state index contributed by atoms with van der Waals surface area (Å²) in [4.78, 5) is 0. The Hall–Kier alpha value is -0.130. The van der Waals surface area contributed by atoms with Crippen molar-refractivity contribution in [1.82, 2.24) is 10.0 Å². The zero-order chi connectivity index (χ0) is 12.9. The third kappa shape index (κ3) is 4.94. The molecule has 1 fully saturated rings. The molecular weight excluding hydrogens is 236 g/mol. The maximum atomic E-state index is 11.9. The summed E-state index contributed by atoms with van der Waals surface area (Å²) in [5, 5.41) is 3.14. The molecule has 5 heteroatoms. The minimum Gasteiger partial charge on any atom is -0.317 e. The smallest absolute Gasteiger partial charge is 0.211 e. The second-order valence-electron chi connectivity index (χ2n) is 5.58. The van der Waals surface area contributed by atoms with Crippen LogP contribution in [-0.4, -0.2) is 33.3 Å². The Morgan fingerprint density at radius 2 is 2.06 bits per heavy atom. The van der Waals surface area contributed by atoms with Gasteiger partial charge in [-0.3, -0.25) is 0 Å². The second kappa shape index (κ2) is 6.16. The molecule has 0 bridgehead atoms. The summed E-state index contributed by atoms with van der Waals surface area (Å²) in [6.07, 6.45) is 3.88. The molecule has 102 valence electrons. The summed E-state index contributed by atoms with van der Waals surface area (Å²) < 4.78 is 26.7. The fourth-order valence-corrected chi connectivity index (χ4v) is 3.90. The molecule has 1 saturated carbocycles. The van der Waals surface area contributed by atoms with Crippen molar-refractivity contribution in [2.45, 2.75) is 52.5 Å². The molecule has 0 saturated heterocycles. The van der Waals surface area contributed by atoms with Gasteiger partial charge in [-0.15, -0.1) is 0 Å². The van der Waals surface area contributed by atoms with E-state index in [-0.39, 0.29) is 17.2 Å². The fourth-order valence-electron chi connectivity index (χ4n) is 2.38. The number of sulfonamides is 1. The molecule has 0 spiro atoms. The van der Waals surface area contributed by atoms with Gasteiger partial charge >= 0.3 is 0 Å². The molecule has 1 aliphatic rings. The number of hydrogen-bond donors (Lipinski definition) is 2. The summed E-state index contributed by atoms with van der Waals surface area (Å²) in [7, 11) is -3.11. The topological polar surface area (TPSA) is 58.2 Å². The van der Waals surface area contributed by atoms with E-state index in [9.17, 15) is 8.42 Å². The molecule has 0 radical (unpaired) electrons. The van der Waals surface area contributed by atoms with Crippen molar-refractivity contribution in [1.29, 1.82) is 0 Å². The van der Waals surface area contributed by atoms with Gasteiger partial charge in [-0.05, 0) is 37.8 Å². The quantitative estimate of drug-likeness (QED) is 0.683. The minimum absolute atomic E-state index is 0.106. The van der Waals surface area contributed by atoms with Gasteiger partial charge in [-0.25, -0.2) is 13.1 Å². The SMILES string of the molecule is CCNCCCS(=O)(=O)NC1CCCC1(C)C.